The molecule has 2 aliphatic rings. The summed E-state index contributed by atoms with van der Waals surface area (Å²) >= 11 is 0.881. The molecule has 0 aromatic rings. The van der Waals surface area contributed by atoms with Crippen molar-refractivity contribution in [2.45, 2.75) is 42.6 Å². The lowest BCUT2D eigenvalue weighted by Gasteiger charge is -2.29. The summed E-state index contributed by atoms with van der Waals surface area (Å²) in [4.78, 5) is 0. The SMILES string of the molecule is CCN[C@H]1C[C@H](C)S(=O)(=O)C2=C1CC(S(N)(=O)=O)S2. The maximum Gasteiger partial charge on any atom is 0.222 e. The number of rotatable bonds is 3. The van der Waals surface area contributed by atoms with Crippen LogP contribution in [0.15, 0.2) is 9.81 Å². The molecule has 0 aromatic heterocycles. The first-order valence-electron chi connectivity index (χ1n) is 6.06. The monoisotopic (exact) mass is 326 g/mol. The minimum absolute atomic E-state index is 0.0715. The van der Waals surface area contributed by atoms with Crippen LogP contribution in [0.5, 0.6) is 0 Å². The Morgan fingerprint density at radius 2 is 2.11 bits per heavy atom. The number of hydrogen-bond donors (Lipinski definition) is 2. The first kappa shape index (κ1) is 15.3. The van der Waals surface area contributed by atoms with E-state index in [9.17, 15) is 16.8 Å². The van der Waals surface area contributed by atoms with Gasteiger partial charge in [-0.05, 0) is 31.9 Å². The fourth-order valence-corrected chi connectivity index (χ4v) is 7.53. The first-order chi connectivity index (χ1) is 8.67. The molecule has 6 nitrogen and oxygen atoms in total. The zero-order valence-corrected chi connectivity index (χ0v) is 13.2. The Bertz CT molecular complexity index is 609. The Kier molecular flexibility index (Phi) is 4.05. The number of hydrogen-bond acceptors (Lipinski definition) is 6. The molecule has 0 aromatic carbocycles. The molecule has 0 fully saturated rings. The molecule has 0 aliphatic carbocycles. The number of nitrogens with two attached hydrogens (primary N) is 1. The lowest BCUT2D eigenvalue weighted by molar-refractivity contribution is 0.508. The summed E-state index contributed by atoms with van der Waals surface area (Å²) in [6, 6.07) is -0.0715. The van der Waals surface area contributed by atoms with Gasteiger partial charge < -0.3 is 5.32 Å². The van der Waals surface area contributed by atoms with Gasteiger partial charge in [-0.25, -0.2) is 22.0 Å². The molecule has 0 amide bonds. The highest BCUT2D eigenvalue weighted by molar-refractivity contribution is 8.24. The zero-order valence-electron chi connectivity index (χ0n) is 10.8. The maximum atomic E-state index is 12.3. The van der Waals surface area contributed by atoms with Crippen LogP contribution in [-0.2, 0) is 19.9 Å². The fourth-order valence-electron chi connectivity index (χ4n) is 2.45. The lowest BCUT2D eigenvalue weighted by atomic mass is 10.0. The van der Waals surface area contributed by atoms with E-state index in [4.69, 9.17) is 5.14 Å². The second-order valence-electron chi connectivity index (χ2n) is 4.85. The average Bonchev–Trinajstić information content (AvgIpc) is 2.72. The van der Waals surface area contributed by atoms with Gasteiger partial charge in [-0.1, -0.05) is 18.7 Å². The fraction of sp³-hybridized carbons (Fsp3) is 0.800. The number of thioether (sulfide) groups is 1. The molecule has 0 bridgehead atoms. The number of sulfonamides is 1. The van der Waals surface area contributed by atoms with E-state index in [2.05, 4.69) is 5.32 Å². The Morgan fingerprint density at radius 1 is 1.47 bits per heavy atom. The van der Waals surface area contributed by atoms with Crippen LogP contribution in [0.25, 0.3) is 0 Å². The van der Waals surface area contributed by atoms with E-state index >= 15 is 0 Å². The second-order valence-corrected chi connectivity index (χ2v) is 10.7. The van der Waals surface area contributed by atoms with E-state index in [-0.39, 0.29) is 16.7 Å². The highest BCUT2D eigenvalue weighted by atomic mass is 32.3. The number of sulfone groups is 1. The number of nitrogens with one attached hydrogen (secondary N) is 1. The normalized spacial score (nSPS) is 34.4. The topological polar surface area (TPSA) is 106 Å². The summed E-state index contributed by atoms with van der Waals surface area (Å²) < 4.78 is 46.8. The van der Waals surface area contributed by atoms with E-state index in [0.29, 0.717) is 18.5 Å². The Balaban J connectivity index is 2.42. The third kappa shape index (κ3) is 2.71. The van der Waals surface area contributed by atoms with Crippen LogP contribution < -0.4 is 10.5 Å². The predicted molar refractivity (Wildman–Crippen MR) is 76.6 cm³/mol. The van der Waals surface area contributed by atoms with Crippen molar-refractivity contribution in [2.24, 2.45) is 5.14 Å². The van der Waals surface area contributed by atoms with Gasteiger partial charge in [-0.3, -0.25) is 0 Å². The standard InChI is InChI=1S/C10H18N2O4S3/c1-3-12-8-4-6(2)18(13,14)10-7(8)5-9(17-10)19(11,15)16/h6,8-9,12H,3-5H2,1-2H3,(H2,11,15,16)/t6-,8-,9?/m0/s1. The highest BCUT2D eigenvalue weighted by Gasteiger charge is 2.46. The van der Waals surface area contributed by atoms with Crippen molar-refractivity contribution in [3.05, 3.63) is 9.81 Å². The molecule has 19 heavy (non-hydrogen) atoms. The largest absolute Gasteiger partial charge is 0.310 e. The number of likely N-dealkylation sites (N-methyl/N-ethyl adjacent to an activating group) is 1. The van der Waals surface area contributed by atoms with Crippen LogP contribution in [0.2, 0.25) is 0 Å². The molecular weight excluding hydrogens is 308 g/mol. The van der Waals surface area contributed by atoms with Crippen molar-refractivity contribution < 1.29 is 16.8 Å². The molecule has 0 radical (unpaired) electrons. The summed E-state index contributed by atoms with van der Waals surface area (Å²) in [6.07, 6.45) is 0.676. The molecule has 3 atom stereocenters. The van der Waals surface area contributed by atoms with Crippen molar-refractivity contribution in [3.63, 3.8) is 0 Å². The van der Waals surface area contributed by atoms with Crippen LogP contribution in [0, 0.1) is 0 Å². The molecule has 1 unspecified atom stereocenters. The maximum absolute atomic E-state index is 12.3. The van der Waals surface area contributed by atoms with Gasteiger partial charge in [-0.15, -0.1) is 0 Å². The number of primary sulfonamides is 1. The van der Waals surface area contributed by atoms with Crippen LogP contribution in [0.1, 0.15) is 26.7 Å². The molecular formula is C10H18N2O4S3. The summed E-state index contributed by atoms with van der Waals surface area (Å²) in [5.74, 6) is 0. The zero-order chi connectivity index (χ0) is 14.4. The Labute approximate surface area is 118 Å². The van der Waals surface area contributed by atoms with Crippen molar-refractivity contribution in [3.8, 4) is 0 Å². The highest BCUT2D eigenvalue weighted by Crippen LogP contribution is 2.48. The van der Waals surface area contributed by atoms with Gasteiger partial charge in [0.15, 0.2) is 9.84 Å². The third-order valence-electron chi connectivity index (χ3n) is 3.48. The molecule has 9 heteroatoms. The van der Waals surface area contributed by atoms with E-state index in [1.807, 2.05) is 6.92 Å². The van der Waals surface area contributed by atoms with Crippen molar-refractivity contribution >= 4 is 31.6 Å². The first-order valence-corrected chi connectivity index (χ1v) is 10.1. The van der Waals surface area contributed by atoms with E-state index in [0.717, 1.165) is 11.8 Å². The third-order valence-corrected chi connectivity index (χ3v) is 9.40. The van der Waals surface area contributed by atoms with Gasteiger partial charge >= 0.3 is 0 Å². The van der Waals surface area contributed by atoms with Gasteiger partial charge in [-0.2, -0.15) is 0 Å². The quantitative estimate of drug-likeness (QED) is 0.764. The van der Waals surface area contributed by atoms with Gasteiger partial charge in [0.05, 0.1) is 5.25 Å². The average molecular weight is 326 g/mol. The second kappa shape index (κ2) is 5.03. The molecule has 2 rings (SSSR count). The summed E-state index contributed by atoms with van der Waals surface area (Å²) in [7, 11) is -7.14. The van der Waals surface area contributed by atoms with Crippen LogP contribution in [0.4, 0.5) is 0 Å². The summed E-state index contributed by atoms with van der Waals surface area (Å²) in [6.45, 7) is 4.31. The van der Waals surface area contributed by atoms with Crippen LogP contribution in [0.3, 0.4) is 0 Å². The molecule has 0 saturated carbocycles. The van der Waals surface area contributed by atoms with Gasteiger partial charge in [0, 0.05) is 6.04 Å². The molecule has 0 saturated heterocycles. The van der Waals surface area contributed by atoms with Crippen LogP contribution >= 0.6 is 11.8 Å². The molecule has 2 aliphatic heterocycles. The Hall–Kier alpha value is -0.0900. The molecule has 110 valence electrons. The predicted octanol–water partition coefficient (Wildman–Crippen LogP) is 0.135. The van der Waals surface area contributed by atoms with Crippen molar-refractivity contribution in [1.29, 1.82) is 0 Å². The molecule has 0 spiro atoms. The lowest BCUT2D eigenvalue weighted by Crippen LogP contribution is -2.40. The van der Waals surface area contributed by atoms with E-state index in [1.165, 1.54) is 0 Å². The minimum Gasteiger partial charge on any atom is -0.310 e. The van der Waals surface area contributed by atoms with E-state index < -0.39 is 29.7 Å². The molecule has 3 N–H and O–H groups in total. The van der Waals surface area contributed by atoms with Gasteiger partial charge in [0.25, 0.3) is 0 Å². The van der Waals surface area contributed by atoms with Gasteiger partial charge in [0.1, 0.15) is 8.82 Å². The Morgan fingerprint density at radius 3 is 2.63 bits per heavy atom. The summed E-state index contributed by atoms with van der Waals surface area (Å²) in [5, 5.41) is 7.87. The van der Waals surface area contributed by atoms with E-state index in [1.54, 1.807) is 6.92 Å². The summed E-state index contributed by atoms with van der Waals surface area (Å²) in [5.41, 5.74) is 0.684. The van der Waals surface area contributed by atoms with Crippen molar-refractivity contribution in [2.75, 3.05) is 6.54 Å². The smallest absolute Gasteiger partial charge is 0.222 e. The minimum atomic E-state index is -3.74. The molecule has 2 heterocycles. The van der Waals surface area contributed by atoms with Crippen LogP contribution in [-0.4, -0.2) is 39.3 Å². The van der Waals surface area contributed by atoms with Crippen molar-refractivity contribution in [1.82, 2.24) is 5.32 Å². The van der Waals surface area contributed by atoms with Gasteiger partial charge in [0.2, 0.25) is 10.0 Å².